The monoisotopic (exact) mass is 140 g/mol. The predicted molar refractivity (Wildman–Crippen MR) is 35.3 cm³/mol. The molecule has 1 aliphatic carbocycles. The van der Waals surface area contributed by atoms with Crippen molar-refractivity contribution in [2.24, 2.45) is 0 Å². The van der Waals surface area contributed by atoms with E-state index in [1.807, 2.05) is 0 Å². The highest BCUT2D eigenvalue weighted by Gasteiger charge is 2.31. The van der Waals surface area contributed by atoms with Gasteiger partial charge in [-0.3, -0.25) is 4.79 Å². The van der Waals surface area contributed by atoms with Crippen LogP contribution in [0.15, 0.2) is 24.3 Å². The summed E-state index contributed by atoms with van der Waals surface area (Å²) < 4.78 is 0. The number of ketones is 1. The molecule has 0 aromatic heterocycles. The van der Waals surface area contributed by atoms with Crippen molar-refractivity contribution in [1.29, 1.82) is 0 Å². The zero-order chi connectivity index (χ0) is 7.72. The molecular weight excluding hydrogens is 132 g/mol. The van der Waals surface area contributed by atoms with Crippen LogP contribution in [0.4, 0.5) is 0 Å². The molecule has 3 heteroatoms. The fourth-order valence-electron chi connectivity index (χ4n) is 0.853. The highest BCUT2D eigenvalue weighted by Crippen LogP contribution is 2.16. The van der Waals surface area contributed by atoms with Crippen molar-refractivity contribution < 1.29 is 15.0 Å². The van der Waals surface area contributed by atoms with Crippen LogP contribution in [0.5, 0.6) is 0 Å². The first kappa shape index (κ1) is 7.18. The fraction of sp³-hybridized carbons (Fsp3) is 0.286. The average molecular weight is 140 g/mol. The van der Waals surface area contributed by atoms with Gasteiger partial charge in [0.2, 0.25) is 0 Å². The molecule has 0 aromatic rings. The topological polar surface area (TPSA) is 57.5 Å². The van der Waals surface area contributed by atoms with Crippen LogP contribution >= 0.6 is 0 Å². The minimum atomic E-state index is -1.28. The van der Waals surface area contributed by atoms with Gasteiger partial charge >= 0.3 is 0 Å². The minimum absolute atomic E-state index is 0.387. The molecule has 1 rings (SSSR count). The Hall–Kier alpha value is -0.930. The standard InChI is InChI=1S/C7H8O3/c1-2-4-3-5(8)7(10)6(4)9/h2-3,6-7,9-10H,1H2. The summed E-state index contributed by atoms with van der Waals surface area (Å²) >= 11 is 0. The number of hydrogen-bond acceptors (Lipinski definition) is 3. The van der Waals surface area contributed by atoms with Gasteiger partial charge in [-0.25, -0.2) is 0 Å². The quantitative estimate of drug-likeness (QED) is 0.511. The van der Waals surface area contributed by atoms with Crippen molar-refractivity contribution in [3.8, 4) is 0 Å². The second kappa shape index (κ2) is 2.36. The van der Waals surface area contributed by atoms with Gasteiger partial charge in [0.15, 0.2) is 5.78 Å². The molecule has 10 heavy (non-hydrogen) atoms. The Labute approximate surface area is 58.3 Å². The van der Waals surface area contributed by atoms with Crippen LogP contribution in [0.1, 0.15) is 0 Å². The first-order chi connectivity index (χ1) is 4.66. The maximum atomic E-state index is 10.6. The van der Waals surface area contributed by atoms with Gasteiger partial charge < -0.3 is 10.2 Å². The first-order valence-corrected chi connectivity index (χ1v) is 2.91. The molecule has 54 valence electrons. The molecule has 0 saturated carbocycles. The fourth-order valence-corrected chi connectivity index (χ4v) is 0.853. The van der Waals surface area contributed by atoms with E-state index in [1.54, 1.807) is 0 Å². The third kappa shape index (κ3) is 0.894. The van der Waals surface area contributed by atoms with Crippen molar-refractivity contribution in [3.05, 3.63) is 24.3 Å². The third-order valence-electron chi connectivity index (χ3n) is 1.48. The molecule has 2 atom stereocenters. The van der Waals surface area contributed by atoms with Gasteiger partial charge in [-0.05, 0) is 11.6 Å². The first-order valence-electron chi connectivity index (χ1n) is 2.91. The van der Waals surface area contributed by atoms with Crippen LogP contribution in [0, 0.1) is 0 Å². The van der Waals surface area contributed by atoms with Gasteiger partial charge in [0.25, 0.3) is 0 Å². The summed E-state index contributed by atoms with van der Waals surface area (Å²) in [7, 11) is 0. The lowest BCUT2D eigenvalue weighted by atomic mass is 10.1. The predicted octanol–water partition coefficient (Wildman–Crippen LogP) is -0.597. The van der Waals surface area contributed by atoms with Gasteiger partial charge in [-0.2, -0.15) is 0 Å². The third-order valence-corrected chi connectivity index (χ3v) is 1.48. The summed E-state index contributed by atoms with van der Waals surface area (Å²) in [6.45, 7) is 3.37. The maximum Gasteiger partial charge on any atom is 0.187 e. The van der Waals surface area contributed by atoms with E-state index in [0.717, 1.165) is 0 Å². The SMILES string of the molecule is C=CC1=CC(=O)C(O)C1O. The van der Waals surface area contributed by atoms with Crippen molar-refractivity contribution >= 4 is 5.78 Å². The molecule has 3 nitrogen and oxygen atoms in total. The van der Waals surface area contributed by atoms with Crippen LogP contribution in [0.3, 0.4) is 0 Å². The van der Waals surface area contributed by atoms with E-state index in [0.29, 0.717) is 5.57 Å². The Balaban J connectivity index is 2.88. The van der Waals surface area contributed by atoms with Crippen LogP contribution in [0.2, 0.25) is 0 Å². The summed E-state index contributed by atoms with van der Waals surface area (Å²) in [5.41, 5.74) is 0.387. The van der Waals surface area contributed by atoms with Gasteiger partial charge in [-0.15, -0.1) is 0 Å². The molecule has 0 heterocycles. The Morgan fingerprint density at radius 2 is 2.10 bits per heavy atom. The van der Waals surface area contributed by atoms with Crippen LogP contribution in [0.25, 0.3) is 0 Å². The van der Waals surface area contributed by atoms with E-state index in [2.05, 4.69) is 6.58 Å². The van der Waals surface area contributed by atoms with Crippen molar-refractivity contribution in [1.82, 2.24) is 0 Å². The molecule has 0 fully saturated rings. The van der Waals surface area contributed by atoms with Crippen molar-refractivity contribution in [2.45, 2.75) is 12.2 Å². The number of rotatable bonds is 1. The maximum absolute atomic E-state index is 10.6. The lowest BCUT2D eigenvalue weighted by molar-refractivity contribution is -0.124. The summed E-state index contributed by atoms with van der Waals surface area (Å²) in [6, 6.07) is 0. The molecule has 0 spiro atoms. The second-order valence-electron chi connectivity index (χ2n) is 2.14. The summed E-state index contributed by atoms with van der Waals surface area (Å²) in [6.07, 6.45) is 0.194. The van der Waals surface area contributed by atoms with Gasteiger partial charge in [0, 0.05) is 0 Å². The van der Waals surface area contributed by atoms with E-state index < -0.39 is 18.0 Å². The van der Waals surface area contributed by atoms with E-state index in [4.69, 9.17) is 10.2 Å². The van der Waals surface area contributed by atoms with Crippen LogP contribution < -0.4 is 0 Å². The second-order valence-corrected chi connectivity index (χ2v) is 2.14. The molecular formula is C7H8O3. The number of carbonyl (C=O) groups is 1. The Bertz CT molecular complexity index is 205. The molecule has 0 bridgehead atoms. The largest absolute Gasteiger partial charge is 0.385 e. The molecule has 0 radical (unpaired) electrons. The van der Waals surface area contributed by atoms with Crippen molar-refractivity contribution in [2.75, 3.05) is 0 Å². The number of aliphatic hydroxyl groups excluding tert-OH is 2. The van der Waals surface area contributed by atoms with Gasteiger partial charge in [-0.1, -0.05) is 12.7 Å². The molecule has 0 saturated heterocycles. The smallest absolute Gasteiger partial charge is 0.187 e. The van der Waals surface area contributed by atoms with Crippen molar-refractivity contribution in [3.63, 3.8) is 0 Å². The van der Waals surface area contributed by atoms with E-state index in [-0.39, 0.29) is 0 Å². The molecule has 1 aliphatic rings. The molecule has 0 amide bonds. The lowest BCUT2D eigenvalue weighted by Crippen LogP contribution is -2.27. The summed E-state index contributed by atoms with van der Waals surface area (Å²) in [5, 5.41) is 17.9. The van der Waals surface area contributed by atoms with E-state index in [1.165, 1.54) is 12.2 Å². The van der Waals surface area contributed by atoms with E-state index in [9.17, 15) is 4.79 Å². The Kier molecular flexibility index (Phi) is 1.70. The zero-order valence-corrected chi connectivity index (χ0v) is 5.32. The summed E-state index contributed by atoms with van der Waals surface area (Å²) in [5.74, 6) is -0.456. The molecule has 0 aliphatic heterocycles. The van der Waals surface area contributed by atoms with Gasteiger partial charge in [0.1, 0.15) is 12.2 Å². The summed E-state index contributed by atoms with van der Waals surface area (Å²) in [4.78, 5) is 10.6. The average Bonchev–Trinajstić information content (AvgIpc) is 2.17. The van der Waals surface area contributed by atoms with Gasteiger partial charge in [0.05, 0.1) is 0 Å². The van der Waals surface area contributed by atoms with Crippen LogP contribution in [-0.2, 0) is 4.79 Å². The lowest BCUT2D eigenvalue weighted by Gasteiger charge is -2.06. The number of hydrogen-bond donors (Lipinski definition) is 2. The Morgan fingerprint density at radius 3 is 2.30 bits per heavy atom. The highest BCUT2D eigenvalue weighted by molar-refractivity contribution is 5.98. The minimum Gasteiger partial charge on any atom is -0.385 e. The highest BCUT2D eigenvalue weighted by atomic mass is 16.3. The molecule has 2 unspecified atom stereocenters. The normalized spacial score (nSPS) is 32.2. The van der Waals surface area contributed by atoms with E-state index >= 15 is 0 Å². The van der Waals surface area contributed by atoms with Crippen LogP contribution in [-0.4, -0.2) is 28.2 Å². The number of aliphatic hydroxyl groups is 2. The molecule has 2 N–H and O–H groups in total. The number of carbonyl (C=O) groups excluding carboxylic acids is 1. The Morgan fingerprint density at radius 1 is 1.50 bits per heavy atom. The zero-order valence-electron chi connectivity index (χ0n) is 5.32. The molecule has 0 aromatic carbocycles.